The van der Waals surface area contributed by atoms with Crippen LogP contribution in [-0.2, 0) is 26.2 Å². The summed E-state index contributed by atoms with van der Waals surface area (Å²) in [5, 5.41) is 13.2. The summed E-state index contributed by atoms with van der Waals surface area (Å²) >= 11 is 5.77. The van der Waals surface area contributed by atoms with Crippen molar-refractivity contribution in [2.45, 2.75) is 31.0 Å². The second kappa shape index (κ2) is 7.58. The molecule has 0 spiro atoms. The van der Waals surface area contributed by atoms with E-state index in [2.05, 4.69) is 5.32 Å². The van der Waals surface area contributed by atoms with E-state index >= 15 is 0 Å². The van der Waals surface area contributed by atoms with Crippen LogP contribution in [0, 0.1) is 5.82 Å². The number of carbonyl (C=O) groups excluding carboxylic acids is 2. The Morgan fingerprint density at radius 2 is 2.11 bits per heavy atom. The van der Waals surface area contributed by atoms with E-state index in [1.54, 1.807) is 0 Å². The van der Waals surface area contributed by atoms with Gasteiger partial charge < -0.3 is 15.3 Å². The summed E-state index contributed by atoms with van der Waals surface area (Å²) in [6.07, 6.45) is 1.44. The Bertz CT molecular complexity index is 892. The lowest BCUT2D eigenvalue weighted by atomic mass is 10.0. The van der Waals surface area contributed by atoms with E-state index < -0.39 is 33.3 Å². The Balaban J connectivity index is 1.64. The number of amides is 2. The second-order valence-corrected chi connectivity index (χ2v) is 9.55. The van der Waals surface area contributed by atoms with Crippen LogP contribution < -0.4 is 5.32 Å². The number of likely N-dealkylation sites (tertiary alicyclic amines) is 1. The van der Waals surface area contributed by atoms with E-state index in [9.17, 15) is 27.5 Å². The molecule has 2 amide bonds. The SMILES string of the molecule is CS(=O)(=O)N1CCC(N2CCC(O)(C(=O)NCc3cc(F)cc(Cl)c3)C2=O)C1. The van der Waals surface area contributed by atoms with Crippen molar-refractivity contribution >= 4 is 33.4 Å². The molecular weight excluding hydrogens is 413 g/mol. The van der Waals surface area contributed by atoms with Gasteiger partial charge in [0.25, 0.3) is 11.8 Å². The number of nitrogens with zero attached hydrogens (tertiary/aromatic N) is 2. The Kier molecular flexibility index (Phi) is 5.68. The summed E-state index contributed by atoms with van der Waals surface area (Å²) in [5.41, 5.74) is -1.83. The molecule has 154 valence electrons. The number of hydrogen-bond donors (Lipinski definition) is 2. The van der Waals surface area contributed by atoms with Gasteiger partial charge in [0.2, 0.25) is 15.6 Å². The first-order valence-corrected chi connectivity index (χ1v) is 10.9. The van der Waals surface area contributed by atoms with Crippen molar-refractivity contribution < 1.29 is 27.5 Å². The van der Waals surface area contributed by atoms with Crippen molar-refractivity contribution in [1.29, 1.82) is 0 Å². The highest BCUT2D eigenvalue weighted by molar-refractivity contribution is 7.88. The highest BCUT2D eigenvalue weighted by atomic mass is 35.5. The summed E-state index contributed by atoms with van der Waals surface area (Å²) < 4.78 is 38.0. The molecular formula is C17H21ClFN3O5S. The van der Waals surface area contributed by atoms with Crippen molar-refractivity contribution in [3.05, 3.63) is 34.6 Å². The molecule has 28 heavy (non-hydrogen) atoms. The molecule has 2 unspecified atom stereocenters. The van der Waals surface area contributed by atoms with E-state index in [0.717, 1.165) is 12.3 Å². The van der Waals surface area contributed by atoms with Gasteiger partial charge in [-0.3, -0.25) is 9.59 Å². The molecule has 2 aliphatic rings. The van der Waals surface area contributed by atoms with Gasteiger partial charge in [-0.1, -0.05) is 11.6 Å². The predicted octanol–water partition coefficient (Wildman–Crippen LogP) is 0.0926. The predicted molar refractivity (Wildman–Crippen MR) is 99.4 cm³/mol. The lowest BCUT2D eigenvalue weighted by Crippen LogP contribution is -2.53. The summed E-state index contributed by atoms with van der Waals surface area (Å²) in [6.45, 7) is 0.482. The minimum absolute atomic E-state index is 0.100. The molecule has 1 aromatic carbocycles. The maximum absolute atomic E-state index is 13.4. The number of sulfonamides is 1. The molecule has 0 aromatic heterocycles. The zero-order valence-electron chi connectivity index (χ0n) is 15.2. The first-order valence-electron chi connectivity index (χ1n) is 8.72. The fraction of sp³-hybridized carbons (Fsp3) is 0.529. The number of carbonyl (C=O) groups is 2. The molecule has 8 nitrogen and oxygen atoms in total. The Morgan fingerprint density at radius 3 is 2.71 bits per heavy atom. The van der Waals surface area contributed by atoms with Crippen molar-refractivity contribution in [3.63, 3.8) is 0 Å². The Hall–Kier alpha value is -1.75. The molecule has 3 rings (SSSR count). The summed E-state index contributed by atoms with van der Waals surface area (Å²) in [4.78, 5) is 26.5. The van der Waals surface area contributed by atoms with Crippen LogP contribution in [0.15, 0.2) is 18.2 Å². The number of rotatable bonds is 5. The molecule has 0 bridgehead atoms. The van der Waals surface area contributed by atoms with E-state index in [1.807, 2.05) is 0 Å². The quantitative estimate of drug-likeness (QED) is 0.640. The van der Waals surface area contributed by atoms with Crippen LogP contribution >= 0.6 is 11.6 Å². The average Bonchev–Trinajstić information content (AvgIpc) is 3.18. The van der Waals surface area contributed by atoms with Crippen molar-refractivity contribution in [3.8, 4) is 0 Å². The monoisotopic (exact) mass is 433 g/mol. The first-order chi connectivity index (χ1) is 13.0. The van der Waals surface area contributed by atoms with Crippen molar-refractivity contribution in [2.24, 2.45) is 0 Å². The summed E-state index contributed by atoms with van der Waals surface area (Å²) in [5.74, 6) is -2.18. The van der Waals surface area contributed by atoms with Gasteiger partial charge in [-0.05, 0) is 30.2 Å². The first kappa shape index (κ1) is 21.0. The normalized spacial score (nSPS) is 26.1. The fourth-order valence-electron chi connectivity index (χ4n) is 3.60. The molecule has 11 heteroatoms. The van der Waals surface area contributed by atoms with Gasteiger partial charge in [0, 0.05) is 43.7 Å². The zero-order valence-corrected chi connectivity index (χ0v) is 16.8. The number of benzene rings is 1. The maximum Gasteiger partial charge on any atom is 0.264 e. The molecule has 2 aliphatic heterocycles. The maximum atomic E-state index is 13.4. The molecule has 1 aromatic rings. The van der Waals surface area contributed by atoms with Crippen LogP contribution in [0.3, 0.4) is 0 Å². The van der Waals surface area contributed by atoms with E-state index in [1.165, 1.54) is 21.3 Å². The van der Waals surface area contributed by atoms with E-state index in [4.69, 9.17) is 11.6 Å². The second-order valence-electron chi connectivity index (χ2n) is 7.13. The van der Waals surface area contributed by atoms with Gasteiger partial charge in [0.15, 0.2) is 0 Å². The number of aliphatic hydroxyl groups is 1. The summed E-state index contributed by atoms with van der Waals surface area (Å²) in [6, 6.07) is 3.40. The number of halogens is 2. The zero-order chi connectivity index (χ0) is 20.7. The lowest BCUT2D eigenvalue weighted by Gasteiger charge is -2.26. The van der Waals surface area contributed by atoms with Crippen LogP contribution in [0.25, 0.3) is 0 Å². The molecule has 0 saturated carbocycles. The van der Waals surface area contributed by atoms with Crippen molar-refractivity contribution in [1.82, 2.24) is 14.5 Å². The van der Waals surface area contributed by atoms with E-state index in [0.29, 0.717) is 12.0 Å². The Morgan fingerprint density at radius 1 is 1.39 bits per heavy atom. The molecule has 2 fully saturated rings. The topological polar surface area (TPSA) is 107 Å². The van der Waals surface area contributed by atoms with Crippen LogP contribution in [0.1, 0.15) is 18.4 Å². The molecule has 2 N–H and O–H groups in total. The minimum Gasteiger partial charge on any atom is -0.372 e. The molecule has 0 radical (unpaired) electrons. The highest BCUT2D eigenvalue weighted by Gasteiger charge is 2.53. The van der Waals surface area contributed by atoms with Gasteiger partial charge in [-0.25, -0.2) is 17.1 Å². The smallest absolute Gasteiger partial charge is 0.264 e. The van der Waals surface area contributed by atoms with Crippen LogP contribution in [0.5, 0.6) is 0 Å². The van der Waals surface area contributed by atoms with E-state index in [-0.39, 0.29) is 43.7 Å². The fourth-order valence-corrected chi connectivity index (χ4v) is 4.72. The van der Waals surface area contributed by atoms with Crippen molar-refractivity contribution in [2.75, 3.05) is 25.9 Å². The van der Waals surface area contributed by atoms with Crippen LogP contribution in [0.4, 0.5) is 4.39 Å². The van der Waals surface area contributed by atoms with Gasteiger partial charge in [0.05, 0.1) is 6.26 Å². The lowest BCUT2D eigenvalue weighted by molar-refractivity contribution is -0.155. The van der Waals surface area contributed by atoms with Gasteiger partial charge in [-0.15, -0.1) is 0 Å². The standard InChI is InChI=1S/C17H21ClFN3O5S/c1-28(26,27)21-4-2-14(10-21)22-5-3-17(25,16(22)24)15(23)20-9-11-6-12(18)8-13(19)7-11/h6-8,14,25H,2-5,9-10H2,1H3,(H,20,23). The summed E-state index contributed by atoms with van der Waals surface area (Å²) in [7, 11) is -3.36. The van der Waals surface area contributed by atoms with Gasteiger partial charge in [0.1, 0.15) is 5.82 Å². The molecule has 2 heterocycles. The Labute approximate surface area is 167 Å². The number of nitrogens with one attached hydrogen (secondary N) is 1. The van der Waals surface area contributed by atoms with Gasteiger partial charge in [-0.2, -0.15) is 0 Å². The minimum atomic E-state index is -3.36. The number of hydrogen-bond acceptors (Lipinski definition) is 5. The highest BCUT2D eigenvalue weighted by Crippen LogP contribution is 2.29. The molecule has 0 aliphatic carbocycles. The van der Waals surface area contributed by atoms with Crippen LogP contribution in [-0.4, -0.2) is 72.1 Å². The molecule has 2 saturated heterocycles. The molecule has 2 atom stereocenters. The van der Waals surface area contributed by atoms with Gasteiger partial charge >= 0.3 is 0 Å². The third kappa shape index (κ3) is 4.14. The largest absolute Gasteiger partial charge is 0.372 e. The third-order valence-electron chi connectivity index (χ3n) is 5.12. The third-order valence-corrected chi connectivity index (χ3v) is 6.60. The average molecular weight is 434 g/mol. The van der Waals surface area contributed by atoms with Crippen LogP contribution in [0.2, 0.25) is 5.02 Å².